The molecule has 0 atom stereocenters. The van der Waals surface area contributed by atoms with Crippen LogP contribution in [0.2, 0.25) is 0 Å². The summed E-state index contributed by atoms with van der Waals surface area (Å²) in [6, 6.07) is 21.5. The molecule has 4 aromatic rings. The van der Waals surface area contributed by atoms with Crippen molar-refractivity contribution in [1.29, 1.82) is 0 Å². The van der Waals surface area contributed by atoms with Crippen LogP contribution in [0.5, 0.6) is 5.75 Å². The van der Waals surface area contributed by atoms with E-state index in [2.05, 4.69) is 5.32 Å². The Hall–Kier alpha value is -3.93. The first-order valence-corrected chi connectivity index (χ1v) is 9.88. The predicted octanol–water partition coefficient (Wildman–Crippen LogP) is 4.93. The fourth-order valence-corrected chi connectivity index (χ4v) is 3.31. The summed E-state index contributed by atoms with van der Waals surface area (Å²) in [5, 5.41) is 7.67. The Morgan fingerprint density at radius 3 is 2.48 bits per heavy atom. The molecule has 1 aromatic heterocycles. The van der Waals surface area contributed by atoms with Crippen molar-refractivity contribution < 1.29 is 13.9 Å². The van der Waals surface area contributed by atoms with Gasteiger partial charge in [0.25, 0.3) is 5.91 Å². The molecule has 0 bridgehead atoms. The zero-order chi connectivity index (χ0) is 21.8. The number of rotatable bonds is 6. The average molecular weight is 415 g/mol. The van der Waals surface area contributed by atoms with Gasteiger partial charge in [-0.3, -0.25) is 4.79 Å². The molecular formula is C25H22FN3O2. The Labute approximate surface area is 180 Å². The number of halogens is 1. The van der Waals surface area contributed by atoms with Crippen LogP contribution in [0.1, 0.15) is 21.5 Å². The average Bonchev–Trinajstić information content (AvgIpc) is 3.24. The zero-order valence-corrected chi connectivity index (χ0v) is 17.3. The zero-order valence-electron chi connectivity index (χ0n) is 17.3. The van der Waals surface area contributed by atoms with Crippen molar-refractivity contribution in [2.75, 3.05) is 7.11 Å². The lowest BCUT2D eigenvalue weighted by molar-refractivity contribution is 0.0951. The van der Waals surface area contributed by atoms with Crippen LogP contribution in [0.25, 0.3) is 16.9 Å². The third-order valence-corrected chi connectivity index (χ3v) is 5.03. The molecule has 6 heteroatoms. The standard InChI is InChI=1S/C25H22FN3O2/c1-17-14-19(10-13-23(17)26)24-20(16-29(28-24)21-6-4-3-5-7-21)15-27-25(30)18-8-11-22(31-2)12-9-18/h3-14,16H,15H2,1-2H3,(H,27,30). The van der Waals surface area contributed by atoms with Crippen molar-refractivity contribution >= 4 is 5.91 Å². The highest BCUT2D eigenvalue weighted by Crippen LogP contribution is 2.26. The first kappa shape index (κ1) is 20.3. The van der Waals surface area contributed by atoms with E-state index in [1.807, 2.05) is 36.5 Å². The number of amides is 1. The maximum atomic E-state index is 13.8. The molecule has 156 valence electrons. The normalized spacial score (nSPS) is 10.7. The number of hydrogen-bond acceptors (Lipinski definition) is 3. The minimum atomic E-state index is -0.263. The summed E-state index contributed by atoms with van der Waals surface area (Å²) in [5.41, 5.74) is 4.30. The number of carbonyl (C=O) groups is 1. The third kappa shape index (κ3) is 4.48. The molecule has 3 aromatic carbocycles. The van der Waals surface area contributed by atoms with E-state index in [4.69, 9.17) is 9.84 Å². The van der Waals surface area contributed by atoms with Crippen LogP contribution < -0.4 is 10.1 Å². The van der Waals surface area contributed by atoms with E-state index in [1.165, 1.54) is 6.07 Å². The van der Waals surface area contributed by atoms with Crippen LogP contribution in [0, 0.1) is 12.7 Å². The van der Waals surface area contributed by atoms with E-state index in [-0.39, 0.29) is 18.3 Å². The second kappa shape index (κ2) is 8.83. The quantitative estimate of drug-likeness (QED) is 0.486. The number of aryl methyl sites for hydroxylation is 1. The van der Waals surface area contributed by atoms with Gasteiger partial charge < -0.3 is 10.1 Å². The lowest BCUT2D eigenvalue weighted by Gasteiger charge is -2.07. The third-order valence-electron chi connectivity index (χ3n) is 5.03. The molecule has 0 aliphatic rings. The van der Waals surface area contributed by atoms with Crippen molar-refractivity contribution in [1.82, 2.24) is 15.1 Å². The largest absolute Gasteiger partial charge is 0.497 e. The predicted molar refractivity (Wildman–Crippen MR) is 118 cm³/mol. The number of para-hydroxylation sites is 1. The van der Waals surface area contributed by atoms with Gasteiger partial charge >= 0.3 is 0 Å². The van der Waals surface area contributed by atoms with Gasteiger partial charge in [0.05, 0.1) is 18.5 Å². The summed E-state index contributed by atoms with van der Waals surface area (Å²) in [7, 11) is 1.58. The second-order valence-electron chi connectivity index (χ2n) is 7.16. The molecule has 0 unspecified atom stereocenters. The molecule has 0 radical (unpaired) electrons. The minimum absolute atomic E-state index is 0.198. The van der Waals surface area contributed by atoms with Gasteiger partial charge in [-0.15, -0.1) is 0 Å². The number of ether oxygens (including phenoxy) is 1. The topological polar surface area (TPSA) is 56.1 Å². The van der Waals surface area contributed by atoms with Crippen LogP contribution >= 0.6 is 0 Å². The van der Waals surface area contributed by atoms with E-state index >= 15 is 0 Å². The summed E-state index contributed by atoms with van der Waals surface area (Å²) in [4.78, 5) is 12.6. The van der Waals surface area contributed by atoms with Crippen molar-refractivity contribution in [3.8, 4) is 22.7 Å². The minimum Gasteiger partial charge on any atom is -0.497 e. The van der Waals surface area contributed by atoms with Gasteiger partial charge in [-0.05, 0) is 67.1 Å². The van der Waals surface area contributed by atoms with Gasteiger partial charge in [-0.25, -0.2) is 9.07 Å². The highest BCUT2D eigenvalue weighted by atomic mass is 19.1. The van der Waals surface area contributed by atoms with Gasteiger partial charge in [-0.2, -0.15) is 5.10 Å². The maximum Gasteiger partial charge on any atom is 0.251 e. The van der Waals surface area contributed by atoms with E-state index in [9.17, 15) is 9.18 Å². The molecule has 1 N–H and O–H groups in total. The van der Waals surface area contributed by atoms with Gasteiger partial charge in [-0.1, -0.05) is 18.2 Å². The summed E-state index contributed by atoms with van der Waals surface area (Å²) >= 11 is 0. The fourth-order valence-electron chi connectivity index (χ4n) is 3.31. The number of aromatic nitrogens is 2. The molecule has 0 saturated carbocycles. The first-order valence-electron chi connectivity index (χ1n) is 9.88. The van der Waals surface area contributed by atoms with Crippen LogP contribution in [-0.4, -0.2) is 22.8 Å². The van der Waals surface area contributed by atoms with Crippen LogP contribution in [0.4, 0.5) is 4.39 Å². The highest BCUT2D eigenvalue weighted by Gasteiger charge is 2.15. The fraction of sp³-hybridized carbons (Fsp3) is 0.120. The van der Waals surface area contributed by atoms with E-state index in [0.717, 1.165) is 16.8 Å². The summed E-state index contributed by atoms with van der Waals surface area (Å²) in [6.07, 6.45) is 1.89. The maximum absolute atomic E-state index is 13.8. The number of carbonyl (C=O) groups excluding carboxylic acids is 1. The number of nitrogens with one attached hydrogen (secondary N) is 1. The molecule has 0 spiro atoms. The molecule has 0 aliphatic carbocycles. The summed E-state index contributed by atoms with van der Waals surface area (Å²) in [6.45, 7) is 2.00. The van der Waals surface area contributed by atoms with Gasteiger partial charge in [0.2, 0.25) is 0 Å². The number of benzene rings is 3. The Morgan fingerprint density at radius 1 is 1.06 bits per heavy atom. The molecule has 1 heterocycles. The van der Waals surface area contributed by atoms with Crippen molar-refractivity contribution in [3.05, 3.63) is 102 Å². The Balaban J connectivity index is 1.63. The number of hydrogen-bond donors (Lipinski definition) is 1. The monoisotopic (exact) mass is 415 g/mol. The van der Waals surface area contributed by atoms with Gasteiger partial charge in [0.15, 0.2) is 0 Å². The molecule has 1 amide bonds. The first-order chi connectivity index (χ1) is 15.0. The van der Waals surface area contributed by atoms with E-state index in [1.54, 1.807) is 55.1 Å². The molecule has 0 saturated heterocycles. The Kier molecular flexibility index (Phi) is 5.80. The lowest BCUT2D eigenvalue weighted by atomic mass is 10.1. The Bertz CT molecular complexity index is 1200. The lowest BCUT2D eigenvalue weighted by Crippen LogP contribution is -2.22. The smallest absolute Gasteiger partial charge is 0.251 e. The summed E-state index contributed by atoms with van der Waals surface area (Å²) < 4.78 is 20.7. The molecule has 5 nitrogen and oxygen atoms in total. The van der Waals surface area contributed by atoms with Crippen LogP contribution in [-0.2, 0) is 6.54 Å². The van der Waals surface area contributed by atoms with Gasteiger partial charge in [0.1, 0.15) is 11.6 Å². The molecular weight excluding hydrogens is 393 g/mol. The second-order valence-corrected chi connectivity index (χ2v) is 7.16. The number of nitrogens with zero attached hydrogens (tertiary/aromatic N) is 2. The van der Waals surface area contributed by atoms with Crippen LogP contribution in [0.3, 0.4) is 0 Å². The van der Waals surface area contributed by atoms with Gasteiger partial charge in [0, 0.05) is 29.4 Å². The van der Waals surface area contributed by atoms with Crippen molar-refractivity contribution in [3.63, 3.8) is 0 Å². The molecule has 4 rings (SSSR count). The molecule has 31 heavy (non-hydrogen) atoms. The molecule has 0 fully saturated rings. The number of methoxy groups -OCH3 is 1. The molecule has 0 aliphatic heterocycles. The van der Waals surface area contributed by atoms with Crippen molar-refractivity contribution in [2.24, 2.45) is 0 Å². The SMILES string of the molecule is COc1ccc(C(=O)NCc2cn(-c3ccccc3)nc2-c2ccc(F)c(C)c2)cc1. The highest BCUT2D eigenvalue weighted by molar-refractivity contribution is 5.94. The van der Waals surface area contributed by atoms with Crippen molar-refractivity contribution in [2.45, 2.75) is 13.5 Å². The van der Waals surface area contributed by atoms with E-state index < -0.39 is 0 Å². The van der Waals surface area contributed by atoms with Crippen LogP contribution in [0.15, 0.2) is 79.0 Å². The summed E-state index contributed by atoms with van der Waals surface area (Å²) in [5.74, 6) is 0.228. The Morgan fingerprint density at radius 2 is 1.81 bits per heavy atom. The van der Waals surface area contributed by atoms with E-state index in [0.29, 0.717) is 22.6 Å².